The third-order valence-corrected chi connectivity index (χ3v) is 5.51. The fraction of sp³-hybridized carbons (Fsp3) is 0.438. The molecule has 1 aliphatic rings. The Morgan fingerprint density at radius 2 is 2.22 bits per heavy atom. The van der Waals surface area contributed by atoms with E-state index in [1.165, 1.54) is 28.9 Å². The Morgan fingerprint density at radius 3 is 3.04 bits per heavy atom. The molecule has 5 nitrogen and oxygen atoms in total. The summed E-state index contributed by atoms with van der Waals surface area (Å²) in [6.07, 6.45) is 2.85. The number of amides is 1. The second kappa shape index (κ2) is 7.31. The van der Waals surface area contributed by atoms with Crippen molar-refractivity contribution in [3.05, 3.63) is 29.3 Å². The Hall–Kier alpha value is -1.60. The first-order valence-corrected chi connectivity index (χ1v) is 9.51. The maximum Gasteiger partial charge on any atom is 0.266 e. The van der Waals surface area contributed by atoms with Crippen LogP contribution in [-0.4, -0.2) is 28.0 Å². The lowest BCUT2D eigenvalue weighted by molar-refractivity contribution is -0.122. The lowest BCUT2D eigenvalue weighted by Gasteiger charge is -2.14. The number of thioether (sulfide) groups is 1. The first kappa shape index (κ1) is 16.3. The predicted molar refractivity (Wildman–Crippen MR) is 93.5 cm³/mol. The van der Waals surface area contributed by atoms with Crippen molar-refractivity contribution in [2.24, 2.45) is 0 Å². The average molecular weight is 349 g/mol. The van der Waals surface area contributed by atoms with Crippen LogP contribution in [0.4, 0.5) is 5.13 Å². The summed E-state index contributed by atoms with van der Waals surface area (Å²) in [6, 6.07) is 6.09. The van der Waals surface area contributed by atoms with Gasteiger partial charge in [-0.2, -0.15) is 0 Å². The molecular weight excluding hydrogens is 330 g/mol. The molecule has 0 spiro atoms. The number of aryl methyl sites for hydroxylation is 2. The van der Waals surface area contributed by atoms with Crippen molar-refractivity contribution < 1.29 is 9.53 Å². The lowest BCUT2D eigenvalue weighted by Crippen LogP contribution is -2.30. The van der Waals surface area contributed by atoms with E-state index in [0.29, 0.717) is 5.13 Å². The highest BCUT2D eigenvalue weighted by atomic mass is 32.2. The Labute approximate surface area is 143 Å². The highest BCUT2D eigenvalue weighted by molar-refractivity contribution is 8.01. The number of ether oxygens (including phenoxy) is 1. The second-order valence-corrected chi connectivity index (χ2v) is 7.83. The van der Waals surface area contributed by atoms with E-state index in [1.54, 1.807) is 18.7 Å². The van der Waals surface area contributed by atoms with Gasteiger partial charge in [-0.1, -0.05) is 36.1 Å². The SMILES string of the molecule is CCSc1nnc(NC(=O)C(C)Oc2ccc3c(c2)CCC3)s1. The first-order chi connectivity index (χ1) is 11.2. The lowest BCUT2D eigenvalue weighted by atomic mass is 10.1. The van der Waals surface area contributed by atoms with Crippen LogP contribution >= 0.6 is 23.1 Å². The highest BCUT2D eigenvalue weighted by Gasteiger charge is 2.18. The molecule has 23 heavy (non-hydrogen) atoms. The molecule has 1 aliphatic carbocycles. The molecule has 0 aliphatic heterocycles. The van der Waals surface area contributed by atoms with Crippen LogP contribution in [0.3, 0.4) is 0 Å². The van der Waals surface area contributed by atoms with Crippen molar-refractivity contribution in [2.45, 2.75) is 43.6 Å². The van der Waals surface area contributed by atoms with Crippen LogP contribution in [0.2, 0.25) is 0 Å². The number of carbonyl (C=O) groups excluding carboxylic acids is 1. The molecule has 1 heterocycles. The van der Waals surface area contributed by atoms with Gasteiger partial charge in [0.15, 0.2) is 10.4 Å². The van der Waals surface area contributed by atoms with E-state index in [9.17, 15) is 4.79 Å². The second-order valence-electron chi connectivity index (χ2n) is 5.34. The molecule has 0 bridgehead atoms. The van der Waals surface area contributed by atoms with Crippen molar-refractivity contribution >= 4 is 34.1 Å². The molecule has 1 unspecified atom stereocenters. The summed E-state index contributed by atoms with van der Waals surface area (Å²) in [6.45, 7) is 3.79. The number of hydrogen-bond donors (Lipinski definition) is 1. The van der Waals surface area contributed by atoms with E-state index in [0.717, 1.165) is 28.7 Å². The van der Waals surface area contributed by atoms with Crippen LogP contribution in [0.5, 0.6) is 5.75 Å². The van der Waals surface area contributed by atoms with Crippen LogP contribution in [0, 0.1) is 0 Å². The van der Waals surface area contributed by atoms with Gasteiger partial charge in [0.05, 0.1) is 0 Å². The molecule has 3 rings (SSSR count). The van der Waals surface area contributed by atoms with Crippen molar-refractivity contribution in [1.29, 1.82) is 0 Å². The summed E-state index contributed by atoms with van der Waals surface area (Å²) in [5.41, 5.74) is 2.73. The fourth-order valence-corrected chi connectivity index (χ4v) is 4.18. The van der Waals surface area contributed by atoms with Gasteiger partial charge in [-0.25, -0.2) is 0 Å². The van der Waals surface area contributed by atoms with Crippen molar-refractivity contribution in [1.82, 2.24) is 10.2 Å². The van der Waals surface area contributed by atoms with Crippen molar-refractivity contribution in [2.75, 3.05) is 11.1 Å². The van der Waals surface area contributed by atoms with Gasteiger partial charge in [0.1, 0.15) is 5.75 Å². The quantitative estimate of drug-likeness (QED) is 0.638. The summed E-state index contributed by atoms with van der Waals surface area (Å²) in [5.74, 6) is 1.46. The number of nitrogens with one attached hydrogen (secondary N) is 1. The minimum Gasteiger partial charge on any atom is -0.481 e. The Morgan fingerprint density at radius 1 is 1.39 bits per heavy atom. The van der Waals surface area contributed by atoms with E-state index in [4.69, 9.17) is 4.74 Å². The number of fused-ring (bicyclic) bond motifs is 1. The van der Waals surface area contributed by atoms with Crippen molar-refractivity contribution in [3.63, 3.8) is 0 Å². The van der Waals surface area contributed by atoms with Gasteiger partial charge in [-0.05, 0) is 55.2 Å². The number of rotatable bonds is 6. The molecule has 0 radical (unpaired) electrons. The van der Waals surface area contributed by atoms with Gasteiger partial charge in [0.25, 0.3) is 5.91 Å². The molecule has 0 fully saturated rings. The molecule has 1 amide bonds. The summed E-state index contributed by atoms with van der Waals surface area (Å²) < 4.78 is 6.62. The minimum atomic E-state index is -0.583. The average Bonchev–Trinajstić information content (AvgIpc) is 3.16. The fourth-order valence-electron chi connectivity index (χ4n) is 2.53. The van der Waals surface area contributed by atoms with E-state index < -0.39 is 6.10 Å². The molecule has 2 aromatic rings. The summed E-state index contributed by atoms with van der Waals surface area (Å²) >= 11 is 2.99. The Bertz CT molecular complexity index is 702. The van der Waals surface area contributed by atoms with Gasteiger partial charge in [-0.15, -0.1) is 10.2 Å². The van der Waals surface area contributed by atoms with Gasteiger partial charge in [0, 0.05) is 0 Å². The molecule has 0 saturated carbocycles. The maximum absolute atomic E-state index is 12.2. The maximum atomic E-state index is 12.2. The molecule has 1 atom stereocenters. The predicted octanol–water partition coefficient (Wildman–Crippen LogP) is 3.54. The van der Waals surface area contributed by atoms with Crippen LogP contribution in [-0.2, 0) is 17.6 Å². The third kappa shape index (κ3) is 4.03. The largest absolute Gasteiger partial charge is 0.481 e. The number of nitrogens with zero attached hydrogens (tertiary/aromatic N) is 2. The zero-order valence-electron chi connectivity index (χ0n) is 13.2. The smallest absolute Gasteiger partial charge is 0.266 e. The van der Waals surface area contributed by atoms with Gasteiger partial charge >= 0.3 is 0 Å². The normalized spacial score (nSPS) is 14.3. The molecule has 0 saturated heterocycles. The number of anilines is 1. The standard InChI is InChI=1S/C16H19N3O2S2/c1-3-22-16-19-18-15(23-16)17-14(20)10(2)21-13-8-7-11-5-4-6-12(11)9-13/h7-10H,3-6H2,1-2H3,(H,17,18,20). The molecule has 1 aromatic carbocycles. The summed E-state index contributed by atoms with van der Waals surface area (Å²) in [7, 11) is 0. The zero-order valence-corrected chi connectivity index (χ0v) is 14.8. The van der Waals surface area contributed by atoms with Crippen LogP contribution in [0.1, 0.15) is 31.4 Å². The minimum absolute atomic E-state index is 0.213. The highest BCUT2D eigenvalue weighted by Crippen LogP contribution is 2.27. The van der Waals surface area contributed by atoms with E-state index in [-0.39, 0.29) is 5.91 Å². The Balaban J connectivity index is 1.58. The molecule has 122 valence electrons. The molecular formula is C16H19N3O2S2. The number of hydrogen-bond acceptors (Lipinski definition) is 6. The number of benzene rings is 1. The number of aromatic nitrogens is 2. The summed E-state index contributed by atoms with van der Waals surface area (Å²) in [4.78, 5) is 12.2. The molecule has 1 N–H and O–H groups in total. The van der Waals surface area contributed by atoms with E-state index >= 15 is 0 Å². The van der Waals surface area contributed by atoms with Crippen LogP contribution in [0.25, 0.3) is 0 Å². The monoisotopic (exact) mass is 349 g/mol. The summed E-state index contributed by atoms with van der Waals surface area (Å²) in [5, 5.41) is 11.3. The van der Waals surface area contributed by atoms with E-state index in [2.05, 4.69) is 28.5 Å². The van der Waals surface area contributed by atoms with Gasteiger partial charge in [-0.3, -0.25) is 10.1 Å². The van der Waals surface area contributed by atoms with E-state index in [1.807, 2.05) is 12.1 Å². The van der Waals surface area contributed by atoms with Crippen LogP contribution in [0.15, 0.2) is 22.5 Å². The number of carbonyl (C=O) groups is 1. The Kier molecular flexibility index (Phi) is 5.17. The van der Waals surface area contributed by atoms with Crippen molar-refractivity contribution in [3.8, 4) is 5.75 Å². The first-order valence-electron chi connectivity index (χ1n) is 7.71. The topological polar surface area (TPSA) is 64.1 Å². The third-order valence-electron chi connectivity index (χ3n) is 3.66. The molecule has 7 heteroatoms. The zero-order chi connectivity index (χ0) is 16.2. The van der Waals surface area contributed by atoms with Gasteiger partial charge < -0.3 is 4.74 Å². The van der Waals surface area contributed by atoms with Crippen LogP contribution < -0.4 is 10.1 Å². The van der Waals surface area contributed by atoms with Gasteiger partial charge in [0.2, 0.25) is 5.13 Å². The molecule has 1 aromatic heterocycles.